The van der Waals surface area contributed by atoms with Gasteiger partial charge in [0, 0.05) is 14.7 Å². The quantitative estimate of drug-likeness (QED) is 0.688. The lowest BCUT2D eigenvalue weighted by molar-refractivity contribution is 0.0697. The lowest BCUT2D eigenvalue weighted by Gasteiger charge is -1.96. The van der Waals surface area contributed by atoms with Crippen LogP contribution in [0.1, 0.15) is 10.4 Å². The number of carbonyl (C=O) groups is 1. The molecule has 21 heavy (non-hydrogen) atoms. The van der Waals surface area contributed by atoms with Crippen LogP contribution in [0.3, 0.4) is 0 Å². The lowest BCUT2D eigenvalue weighted by atomic mass is 10.1. The second-order valence-electron chi connectivity index (χ2n) is 4.32. The average Bonchev–Trinajstić information content (AvgIpc) is 2.97. The molecule has 104 valence electrons. The largest absolute Gasteiger partial charge is 0.478 e. The van der Waals surface area contributed by atoms with Crippen molar-refractivity contribution in [1.29, 1.82) is 0 Å². The Morgan fingerprint density at radius 2 is 1.86 bits per heavy atom. The van der Waals surface area contributed by atoms with E-state index in [0.717, 1.165) is 9.13 Å². The Hall–Kier alpha value is -2.22. The van der Waals surface area contributed by atoms with E-state index in [1.807, 2.05) is 24.3 Å². The summed E-state index contributed by atoms with van der Waals surface area (Å²) in [7, 11) is 0. The third-order valence-corrected chi connectivity index (χ3v) is 3.56. The van der Waals surface area contributed by atoms with Gasteiger partial charge in [-0.2, -0.15) is 4.98 Å². The van der Waals surface area contributed by atoms with Gasteiger partial charge in [0.2, 0.25) is 5.82 Å². The maximum absolute atomic E-state index is 10.8. The normalized spacial score (nSPS) is 10.5. The SMILES string of the molecule is O=C(O)c1ccc(-c2noc(-c3cccc(I)c3)n2)cc1. The summed E-state index contributed by atoms with van der Waals surface area (Å²) in [5, 5.41) is 12.8. The van der Waals surface area contributed by atoms with E-state index in [0.29, 0.717) is 17.3 Å². The molecule has 3 aromatic rings. The van der Waals surface area contributed by atoms with Crippen molar-refractivity contribution in [2.24, 2.45) is 0 Å². The molecule has 1 N–H and O–H groups in total. The molecule has 0 aliphatic carbocycles. The van der Waals surface area contributed by atoms with Crippen LogP contribution in [0.5, 0.6) is 0 Å². The highest BCUT2D eigenvalue weighted by molar-refractivity contribution is 14.1. The van der Waals surface area contributed by atoms with Crippen molar-refractivity contribution < 1.29 is 14.4 Å². The molecule has 0 aliphatic heterocycles. The summed E-state index contributed by atoms with van der Waals surface area (Å²) >= 11 is 2.21. The van der Waals surface area contributed by atoms with Crippen LogP contribution in [-0.4, -0.2) is 21.2 Å². The predicted molar refractivity (Wildman–Crippen MR) is 84.8 cm³/mol. The number of nitrogens with zero attached hydrogens (tertiary/aromatic N) is 2. The van der Waals surface area contributed by atoms with Crippen molar-refractivity contribution in [3.05, 3.63) is 57.7 Å². The Labute approximate surface area is 133 Å². The van der Waals surface area contributed by atoms with E-state index in [9.17, 15) is 4.79 Å². The fourth-order valence-corrected chi connectivity index (χ4v) is 2.38. The molecular weight excluding hydrogens is 383 g/mol. The molecule has 0 amide bonds. The molecule has 0 aliphatic rings. The van der Waals surface area contributed by atoms with Crippen LogP contribution < -0.4 is 0 Å². The molecule has 5 nitrogen and oxygen atoms in total. The van der Waals surface area contributed by atoms with Crippen LogP contribution in [0.25, 0.3) is 22.8 Å². The molecule has 0 atom stereocenters. The summed E-state index contributed by atoms with van der Waals surface area (Å²) in [6.45, 7) is 0. The van der Waals surface area contributed by atoms with Crippen LogP contribution in [0.2, 0.25) is 0 Å². The number of hydrogen-bond acceptors (Lipinski definition) is 4. The molecule has 1 aromatic heterocycles. The number of halogens is 1. The van der Waals surface area contributed by atoms with Gasteiger partial charge in [-0.25, -0.2) is 4.79 Å². The minimum Gasteiger partial charge on any atom is -0.478 e. The lowest BCUT2D eigenvalue weighted by Crippen LogP contribution is -1.95. The molecule has 0 spiro atoms. The molecule has 1 heterocycles. The van der Waals surface area contributed by atoms with Gasteiger partial charge in [0.1, 0.15) is 0 Å². The zero-order chi connectivity index (χ0) is 14.8. The summed E-state index contributed by atoms with van der Waals surface area (Å²) in [6, 6.07) is 14.1. The van der Waals surface area contributed by atoms with Crippen LogP contribution >= 0.6 is 22.6 Å². The Morgan fingerprint density at radius 1 is 1.10 bits per heavy atom. The number of hydrogen-bond donors (Lipinski definition) is 1. The fourth-order valence-electron chi connectivity index (χ4n) is 1.84. The highest BCUT2D eigenvalue weighted by Gasteiger charge is 2.11. The van der Waals surface area contributed by atoms with Crippen LogP contribution in [0.4, 0.5) is 0 Å². The Balaban J connectivity index is 1.93. The van der Waals surface area contributed by atoms with Crippen molar-refractivity contribution in [3.8, 4) is 22.8 Å². The molecular formula is C15H9IN2O3. The van der Waals surface area contributed by atoms with Gasteiger partial charge >= 0.3 is 5.97 Å². The Kier molecular flexibility index (Phi) is 3.70. The van der Waals surface area contributed by atoms with E-state index in [4.69, 9.17) is 9.63 Å². The molecule has 6 heteroatoms. The minimum atomic E-state index is -0.964. The second kappa shape index (κ2) is 5.65. The standard InChI is InChI=1S/C15H9IN2O3/c16-12-3-1-2-11(8-12)14-17-13(18-21-14)9-4-6-10(7-5-9)15(19)20/h1-8H,(H,19,20). The second-order valence-corrected chi connectivity index (χ2v) is 5.56. The third kappa shape index (κ3) is 2.94. The highest BCUT2D eigenvalue weighted by atomic mass is 127. The van der Waals surface area contributed by atoms with E-state index < -0.39 is 5.97 Å². The topological polar surface area (TPSA) is 76.2 Å². The molecule has 0 fully saturated rings. The van der Waals surface area contributed by atoms with Crippen molar-refractivity contribution in [1.82, 2.24) is 10.1 Å². The number of aromatic nitrogens is 2. The number of carboxylic acids is 1. The van der Waals surface area contributed by atoms with Gasteiger partial charge in [-0.3, -0.25) is 0 Å². The van der Waals surface area contributed by atoms with E-state index in [2.05, 4.69) is 32.7 Å². The maximum Gasteiger partial charge on any atom is 0.335 e. The van der Waals surface area contributed by atoms with E-state index in [-0.39, 0.29) is 5.56 Å². The molecule has 0 saturated heterocycles. The summed E-state index contributed by atoms with van der Waals surface area (Å²) in [5.74, 6) is -0.0964. The number of carboxylic acid groups (broad SMARTS) is 1. The first kappa shape index (κ1) is 13.7. The summed E-state index contributed by atoms with van der Waals surface area (Å²) < 4.78 is 6.34. The van der Waals surface area contributed by atoms with Crippen LogP contribution in [0.15, 0.2) is 53.1 Å². The van der Waals surface area contributed by atoms with Gasteiger partial charge in [0.25, 0.3) is 5.89 Å². The fraction of sp³-hybridized carbons (Fsp3) is 0. The zero-order valence-corrected chi connectivity index (χ0v) is 12.8. The minimum absolute atomic E-state index is 0.222. The number of aromatic carboxylic acids is 1. The van der Waals surface area contributed by atoms with Gasteiger partial charge in [-0.05, 0) is 52.9 Å². The molecule has 0 saturated carbocycles. The Bertz CT molecular complexity index is 797. The van der Waals surface area contributed by atoms with Gasteiger partial charge in [0.05, 0.1) is 5.56 Å². The third-order valence-electron chi connectivity index (χ3n) is 2.89. The molecule has 0 unspecified atom stereocenters. The van der Waals surface area contributed by atoms with Crippen molar-refractivity contribution in [3.63, 3.8) is 0 Å². The smallest absolute Gasteiger partial charge is 0.335 e. The van der Waals surface area contributed by atoms with Gasteiger partial charge in [-0.1, -0.05) is 23.4 Å². The van der Waals surface area contributed by atoms with Gasteiger partial charge < -0.3 is 9.63 Å². The highest BCUT2D eigenvalue weighted by Crippen LogP contribution is 2.23. The molecule has 3 rings (SSSR count). The summed E-state index contributed by atoms with van der Waals surface area (Å²) in [4.78, 5) is 15.2. The summed E-state index contributed by atoms with van der Waals surface area (Å²) in [5.41, 5.74) is 1.78. The Morgan fingerprint density at radius 3 is 2.52 bits per heavy atom. The summed E-state index contributed by atoms with van der Waals surface area (Å²) in [6.07, 6.45) is 0. The van der Waals surface area contributed by atoms with Crippen LogP contribution in [0, 0.1) is 3.57 Å². The molecule has 0 radical (unpaired) electrons. The zero-order valence-electron chi connectivity index (χ0n) is 10.7. The number of rotatable bonds is 3. The van der Waals surface area contributed by atoms with Crippen molar-refractivity contribution in [2.45, 2.75) is 0 Å². The van der Waals surface area contributed by atoms with E-state index in [1.165, 1.54) is 12.1 Å². The van der Waals surface area contributed by atoms with Gasteiger partial charge in [0.15, 0.2) is 0 Å². The van der Waals surface area contributed by atoms with E-state index >= 15 is 0 Å². The molecule has 0 bridgehead atoms. The van der Waals surface area contributed by atoms with Crippen molar-refractivity contribution >= 4 is 28.6 Å². The predicted octanol–water partition coefficient (Wildman–Crippen LogP) is 3.71. The first-order valence-corrected chi connectivity index (χ1v) is 7.15. The average molecular weight is 392 g/mol. The van der Waals surface area contributed by atoms with Gasteiger partial charge in [-0.15, -0.1) is 0 Å². The van der Waals surface area contributed by atoms with E-state index in [1.54, 1.807) is 12.1 Å². The first-order valence-electron chi connectivity index (χ1n) is 6.07. The monoisotopic (exact) mass is 392 g/mol. The van der Waals surface area contributed by atoms with Crippen LogP contribution in [-0.2, 0) is 0 Å². The molecule has 2 aromatic carbocycles. The number of benzene rings is 2. The van der Waals surface area contributed by atoms with Crippen molar-refractivity contribution in [2.75, 3.05) is 0 Å². The maximum atomic E-state index is 10.8. The first-order chi connectivity index (χ1) is 10.1.